The number of carbonyl (C=O) groups is 3. The molecule has 8 heteroatoms. The molecular formula is C26H28N2O6. The van der Waals surface area contributed by atoms with Crippen LogP contribution in [0.4, 0.5) is 0 Å². The molecule has 178 valence electrons. The van der Waals surface area contributed by atoms with Crippen molar-refractivity contribution in [2.45, 2.75) is 25.3 Å². The number of aliphatic hydroxyl groups excluding tert-OH is 1. The number of allylic oxidation sites excluding steroid dienone is 1. The Morgan fingerprint density at radius 1 is 1.12 bits per heavy atom. The Labute approximate surface area is 198 Å². The van der Waals surface area contributed by atoms with Gasteiger partial charge in [0.15, 0.2) is 11.5 Å². The summed E-state index contributed by atoms with van der Waals surface area (Å²) in [6.07, 6.45) is 7.74. The van der Waals surface area contributed by atoms with Crippen molar-refractivity contribution in [1.29, 1.82) is 0 Å². The van der Waals surface area contributed by atoms with Gasteiger partial charge in [-0.3, -0.25) is 9.59 Å². The fourth-order valence-corrected chi connectivity index (χ4v) is 4.47. The van der Waals surface area contributed by atoms with E-state index in [2.05, 4.69) is 4.90 Å². The summed E-state index contributed by atoms with van der Waals surface area (Å²) in [4.78, 5) is 41.9. The minimum Gasteiger partial charge on any atom is -0.503 e. The fourth-order valence-electron chi connectivity index (χ4n) is 4.47. The number of benzene rings is 1. The number of hydrogen-bond donors (Lipinski definition) is 1. The summed E-state index contributed by atoms with van der Waals surface area (Å²) >= 11 is 0. The Kier molecular flexibility index (Phi) is 7.27. The van der Waals surface area contributed by atoms with Gasteiger partial charge in [0.2, 0.25) is 0 Å². The van der Waals surface area contributed by atoms with E-state index < -0.39 is 29.5 Å². The summed E-state index contributed by atoms with van der Waals surface area (Å²) in [5, 5.41) is 10.7. The molecule has 0 bridgehead atoms. The lowest BCUT2D eigenvalue weighted by atomic mass is 9.95. The van der Waals surface area contributed by atoms with Crippen LogP contribution in [0.3, 0.4) is 0 Å². The van der Waals surface area contributed by atoms with E-state index in [9.17, 15) is 19.5 Å². The molecule has 2 aromatic rings. The monoisotopic (exact) mass is 464 g/mol. The number of aliphatic hydroxyl groups is 1. The van der Waals surface area contributed by atoms with Gasteiger partial charge in [-0.25, -0.2) is 4.79 Å². The SMILES string of the molecule is COC(=O)c1ccc(C2C(C(=O)/C=C/c3ccco3)=C(O)C(=O)N2CCN2CCCCC2)cc1. The van der Waals surface area contributed by atoms with Gasteiger partial charge in [-0.05, 0) is 67.9 Å². The molecule has 1 aromatic carbocycles. The summed E-state index contributed by atoms with van der Waals surface area (Å²) < 4.78 is 9.99. The number of furan rings is 1. The van der Waals surface area contributed by atoms with Crippen LogP contribution < -0.4 is 0 Å². The second kappa shape index (κ2) is 10.5. The molecule has 1 aromatic heterocycles. The van der Waals surface area contributed by atoms with Crippen LogP contribution >= 0.6 is 0 Å². The Morgan fingerprint density at radius 3 is 2.50 bits per heavy atom. The molecule has 2 aliphatic heterocycles. The molecular weight excluding hydrogens is 436 g/mol. The molecule has 0 radical (unpaired) electrons. The number of likely N-dealkylation sites (tertiary alicyclic amines) is 1. The minimum absolute atomic E-state index is 0.0114. The first-order valence-electron chi connectivity index (χ1n) is 11.4. The number of esters is 1. The molecule has 1 N–H and O–H groups in total. The Bertz CT molecular complexity index is 1090. The average Bonchev–Trinajstić information content (AvgIpc) is 3.48. The summed E-state index contributed by atoms with van der Waals surface area (Å²) in [7, 11) is 1.30. The summed E-state index contributed by atoms with van der Waals surface area (Å²) in [6, 6.07) is 9.17. The highest BCUT2D eigenvalue weighted by Crippen LogP contribution is 2.38. The number of hydrogen-bond acceptors (Lipinski definition) is 7. The second-order valence-electron chi connectivity index (χ2n) is 8.39. The summed E-state index contributed by atoms with van der Waals surface area (Å²) in [5.74, 6) is -1.60. The van der Waals surface area contributed by atoms with Gasteiger partial charge in [0.1, 0.15) is 5.76 Å². The number of methoxy groups -OCH3 is 1. The minimum atomic E-state index is -0.766. The van der Waals surface area contributed by atoms with Crippen LogP contribution in [0, 0.1) is 0 Å². The lowest BCUT2D eigenvalue weighted by Crippen LogP contribution is -2.40. The van der Waals surface area contributed by atoms with Crippen LogP contribution in [0.5, 0.6) is 0 Å². The molecule has 1 unspecified atom stereocenters. The zero-order valence-electron chi connectivity index (χ0n) is 19.1. The average molecular weight is 465 g/mol. The molecule has 1 fully saturated rings. The smallest absolute Gasteiger partial charge is 0.337 e. The van der Waals surface area contributed by atoms with Crippen molar-refractivity contribution in [2.75, 3.05) is 33.3 Å². The fraction of sp³-hybridized carbons (Fsp3) is 0.346. The highest BCUT2D eigenvalue weighted by molar-refractivity contribution is 6.14. The number of ether oxygens (including phenoxy) is 1. The van der Waals surface area contributed by atoms with Crippen molar-refractivity contribution in [2.24, 2.45) is 0 Å². The first kappa shape index (κ1) is 23.5. The van der Waals surface area contributed by atoms with Crippen LogP contribution in [0.2, 0.25) is 0 Å². The topological polar surface area (TPSA) is 100 Å². The Morgan fingerprint density at radius 2 is 1.85 bits per heavy atom. The number of carbonyl (C=O) groups excluding carboxylic acids is 3. The van der Waals surface area contributed by atoms with Gasteiger partial charge in [0, 0.05) is 13.1 Å². The van der Waals surface area contributed by atoms with Gasteiger partial charge in [-0.15, -0.1) is 0 Å². The number of piperidine rings is 1. The number of ketones is 1. The highest BCUT2D eigenvalue weighted by atomic mass is 16.5. The van der Waals surface area contributed by atoms with Crippen molar-refractivity contribution in [3.8, 4) is 0 Å². The molecule has 1 atom stereocenters. The molecule has 2 aliphatic rings. The van der Waals surface area contributed by atoms with E-state index in [0.717, 1.165) is 25.9 Å². The first-order chi connectivity index (χ1) is 16.5. The van der Waals surface area contributed by atoms with E-state index in [4.69, 9.17) is 9.15 Å². The quantitative estimate of drug-likeness (QED) is 0.471. The van der Waals surface area contributed by atoms with Crippen molar-refractivity contribution < 1.29 is 28.6 Å². The lowest BCUT2D eigenvalue weighted by molar-refractivity contribution is -0.129. The Hall–Kier alpha value is -3.65. The van der Waals surface area contributed by atoms with E-state index in [0.29, 0.717) is 30.0 Å². The van der Waals surface area contributed by atoms with Crippen molar-refractivity contribution in [3.63, 3.8) is 0 Å². The normalized spacial score (nSPS) is 19.3. The molecule has 1 amide bonds. The molecule has 1 saturated heterocycles. The summed E-state index contributed by atoms with van der Waals surface area (Å²) in [6.45, 7) is 2.96. The van der Waals surface area contributed by atoms with Gasteiger partial charge >= 0.3 is 5.97 Å². The van der Waals surface area contributed by atoms with Gasteiger partial charge in [0.05, 0.1) is 30.6 Å². The standard InChI is InChI=1S/C26H28N2O6/c1-33-26(32)19-9-7-18(8-10-19)23-22(21(29)12-11-20-6-5-17-34-20)24(30)25(31)28(23)16-15-27-13-3-2-4-14-27/h5-12,17,23,30H,2-4,13-16H2,1H3/b12-11+. The van der Waals surface area contributed by atoms with E-state index >= 15 is 0 Å². The third kappa shape index (κ3) is 4.97. The summed E-state index contributed by atoms with van der Waals surface area (Å²) in [5.41, 5.74) is 0.991. The zero-order chi connectivity index (χ0) is 24.1. The van der Waals surface area contributed by atoms with Gasteiger partial charge in [0.25, 0.3) is 5.91 Å². The maximum Gasteiger partial charge on any atom is 0.337 e. The molecule has 3 heterocycles. The third-order valence-electron chi connectivity index (χ3n) is 6.26. The Balaban J connectivity index is 1.63. The largest absolute Gasteiger partial charge is 0.503 e. The van der Waals surface area contributed by atoms with Crippen LogP contribution in [0.1, 0.15) is 47.0 Å². The maximum absolute atomic E-state index is 13.1. The number of amides is 1. The molecule has 0 aliphatic carbocycles. The first-order valence-corrected chi connectivity index (χ1v) is 11.4. The predicted molar refractivity (Wildman–Crippen MR) is 125 cm³/mol. The van der Waals surface area contributed by atoms with Crippen molar-refractivity contribution >= 4 is 23.7 Å². The van der Waals surface area contributed by atoms with Crippen LogP contribution in [-0.2, 0) is 14.3 Å². The highest BCUT2D eigenvalue weighted by Gasteiger charge is 2.42. The second-order valence-corrected chi connectivity index (χ2v) is 8.39. The molecule has 0 saturated carbocycles. The number of nitrogens with zero attached hydrogens (tertiary/aromatic N) is 2. The van der Waals surface area contributed by atoms with Gasteiger partial charge in [-0.2, -0.15) is 0 Å². The maximum atomic E-state index is 13.1. The van der Waals surface area contributed by atoms with Crippen molar-refractivity contribution in [1.82, 2.24) is 9.80 Å². The molecule has 8 nitrogen and oxygen atoms in total. The van der Waals surface area contributed by atoms with E-state index in [-0.39, 0.29) is 5.57 Å². The third-order valence-corrected chi connectivity index (χ3v) is 6.26. The van der Waals surface area contributed by atoms with Gasteiger partial charge in [-0.1, -0.05) is 18.6 Å². The van der Waals surface area contributed by atoms with Crippen LogP contribution in [0.25, 0.3) is 6.08 Å². The van der Waals surface area contributed by atoms with Crippen LogP contribution in [0.15, 0.2) is 64.5 Å². The van der Waals surface area contributed by atoms with E-state index in [1.54, 1.807) is 36.4 Å². The lowest BCUT2D eigenvalue weighted by Gasteiger charge is -2.31. The van der Waals surface area contributed by atoms with E-state index in [1.807, 2.05) is 0 Å². The molecule has 0 spiro atoms. The predicted octanol–water partition coefficient (Wildman–Crippen LogP) is 3.53. The van der Waals surface area contributed by atoms with E-state index in [1.165, 1.54) is 36.8 Å². The molecule has 34 heavy (non-hydrogen) atoms. The van der Waals surface area contributed by atoms with Crippen molar-refractivity contribution in [3.05, 3.63) is 77.0 Å². The van der Waals surface area contributed by atoms with Gasteiger partial charge < -0.3 is 24.1 Å². The molecule has 4 rings (SSSR count). The number of rotatable bonds is 8. The van der Waals surface area contributed by atoms with Crippen LogP contribution in [-0.4, -0.2) is 65.9 Å². The zero-order valence-corrected chi connectivity index (χ0v) is 19.1.